The van der Waals surface area contributed by atoms with Gasteiger partial charge in [-0.15, -0.1) is 0 Å². The molecule has 1 aromatic heterocycles. The van der Waals surface area contributed by atoms with E-state index >= 15 is 0 Å². The standard InChI is InChI=1S/C26H26N2O4/c1-16-12-18(14-17-8-10-19(31-3)11-9-17)25-21(13-16)24(26(30)32-15-23(29)27-2)20-6-4-5-7-22(20)28-25/h4-11,14,16H,12-13,15H2,1-3H3,(H,27,29). The molecule has 0 fully saturated rings. The van der Waals surface area contributed by atoms with Crippen LogP contribution in [0.3, 0.4) is 0 Å². The van der Waals surface area contributed by atoms with Crippen molar-refractivity contribution in [3.63, 3.8) is 0 Å². The highest BCUT2D eigenvalue weighted by atomic mass is 16.5. The molecule has 164 valence electrons. The summed E-state index contributed by atoms with van der Waals surface area (Å²) in [5.41, 5.74) is 5.05. The monoisotopic (exact) mass is 430 g/mol. The highest BCUT2D eigenvalue weighted by Gasteiger charge is 2.29. The van der Waals surface area contributed by atoms with Gasteiger partial charge in [0.05, 0.1) is 23.9 Å². The summed E-state index contributed by atoms with van der Waals surface area (Å²) in [6, 6.07) is 15.4. The van der Waals surface area contributed by atoms with E-state index < -0.39 is 5.97 Å². The Balaban J connectivity index is 1.84. The van der Waals surface area contributed by atoms with Gasteiger partial charge >= 0.3 is 5.97 Å². The number of benzene rings is 2. The second-order valence-corrected chi connectivity index (χ2v) is 8.04. The summed E-state index contributed by atoms with van der Waals surface area (Å²) in [4.78, 5) is 29.7. The zero-order valence-corrected chi connectivity index (χ0v) is 18.5. The van der Waals surface area contributed by atoms with Crippen molar-refractivity contribution in [1.82, 2.24) is 10.3 Å². The van der Waals surface area contributed by atoms with E-state index in [1.54, 1.807) is 7.11 Å². The molecule has 1 aliphatic rings. The molecule has 1 unspecified atom stereocenters. The fraction of sp³-hybridized carbons (Fsp3) is 0.269. The molecule has 0 bridgehead atoms. The molecule has 1 atom stereocenters. The Labute approximate surface area is 187 Å². The second kappa shape index (κ2) is 9.22. The number of carbonyl (C=O) groups excluding carboxylic acids is 2. The number of likely N-dealkylation sites (N-methyl/N-ethyl adjacent to an activating group) is 1. The van der Waals surface area contributed by atoms with Crippen LogP contribution in [0.25, 0.3) is 22.6 Å². The first-order chi connectivity index (χ1) is 15.5. The number of allylic oxidation sites excluding steroid dienone is 1. The molecule has 2 aromatic carbocycles. The van der Waals surface area contributed by atoms with Crippen LogP contribution >= 0.6 is 0 Å². The lowest BCUT2D eigenvalue weighted by molar-refractivity contribution is -0.123. The van der Waals surface area contributed by atoms with Crippen LogP contribution in [0.5, 0.6) is 5.75 Å². The SMILES string of the molecule is CNC(=O)COC(=O)c1c2c(nc3ccccc13)C(=Cc1ccc(OC)cc1)CC(C)C2. The smallest absolute Gasteiger partial charge is 0.339 e. The van der Waals surface area contributed by atoms with Gasteiger partial charge in [-0.25, -0.2) is 9.78 Å². The third kappa shape index (κ3) is 4.35. The fourth-order valence-corrected chi connectivity index (χ4v) is 4.15. The first-order valence-corrected chi connectivity index (χ1v) is 10.6. The lowest BCUT2D eigenvalue weighted by atomic mass is 9.80. The van der Waals surface area contributed by atoms with Gasteiger partial charge in [0.1, 0.15) is 5.75 Å². The Morgan fingerprint density at radius 3 is 2.59 bits per heavy atom. The summed E-state index contributed by atoms with van der Waals surface area (Å²) in [5.74, 6) is 0.288. The van der Waals surface area contributed by atoms with Crippen molar-refractivity contribution in [2.45, 2.75) is 19.8 Å². The number of pyridine rings is 1. The van der Waals surface area contributed by atoms with E-state index in [-0.39, 0.29) is 12.5 Å². The molecule has 6 nitrogen and oxygen atoms in total. The Kier molecular flexibility index (Phi) is 6.21. The van der Waals surface area contributed by atoms with Crippen molar-refractivity contribution in [2.75, 3.05) is 20.8 Å². The van der Waals surface area contributed by atoms with Crippen molar-refractivity contribution in [3.8, 4) is 5.75 Å². The van der Waals surface area contributed by atoms with E-state index in [1.807, 2.05) is 48.5 Å². The van der Waals surface area contributed by atoms with E-state index in [0.717, 1.165) is 51.9 Å². The van der Waals surface area contributed by atoms with Crippen molar-refractivity contribution < 1.29 is 19.1 Å². The van der Waals surface area contributed by atoms with Crippen LogP contribution < -0.4 is 10.1 Å². The topological polar surface area (TPSA) is 77.5 Å². The minimum absolute atomic E-state index is 0.315. The average molecular weight is 431 g/mol. The first-order valence-electron chi connectivity index (χ1n) is 10.6. The highest BCUT2D eigenvalue weighted by Crippen LogP contribution is 2.38. The van der Waals surface area contributed by atoms with E-state index in [4.69, 9.17) is 14.5 Å². The first kappa shape index (κ1) is 21.6. The lowest BCUT2D eigenvalue weighted by Crippen LogP contribution is -2.26. The summed E-state index contributed by atoms with van der Waals surface area (Å²) < 4.78 is 10.6. The number of nitrogens with one attached hydrogen (secondary N) is 1. The highest BCUT2D eigenvalue weighted by molar-refractivity contribution is 6.07. The third-order valence-corrected chi connectivity index (χ3v) is 5.69. The predicted octanol–water partition coefficient (Wildman–Crippen LogP) is 4.27. The summed E-state index contributed by atoms with van der Waals surface area (Å²) in [6.07, 6.45) is 3.70. The molecule has 0 saturated heterocycles. The third-order valence-electron chi connectivity index (χ3n) is 5.69. The van der Waals surface area contributed by atoms with Crippen LogP contribution in [0.1, 0.15) is 40.5 Å². The molecule has 0 spiro atoms. The maximum absolute atomic E-state index is 13.1. The van der Waals surface area contributed by atoms with Gasteiger partial charge in [-0.2, -0.15) is 0 Å². The minimum atomic E-state index is -0.499. The summed E-state index contributed by atoms with van der Waals surface area (Å²) in [5, 5.41) is 3.22. The molecule has 3 aromatic rings. The number of hydrogen-bond donors (Lipinski definition) is 1. The maximum Gasteiger partial charge on any atom is 0.339 e. The number of ether oxygens (including phenoxy) is 2. The number of hydrogen-bond acceptors (Lipinski definition) is 5. The molecule has 6 heteroatoms. The Morgan fingerprint density at radius 2 is 1.88 bits per heavy atom. The van der Waals surface area contributed by atoms with Crippen molar-refractivity contribution in [3.05, 3.63) is 70.9 Å². The minimum Gasteiger partial charge on any atom is -0.497 e. The van der Waals surface area contributed by atoms with E-state index in [2.05, 4.69) is 18.3 Å². The molecular weight excluding hydrogens is 404 g/mol. The molecular formula is C26H26N2O4. The van der Waals surface area contributed by atoms with Crippen LogP contribution in [-0.4, -0.2) is 37.6 Å². The van der Waals surface area contributed by atoms with E-state index in [9.17, 15) is 9.59 Å². The van der Waals surface area contributed by atoms with Gasteiger partial charge in [0.25, 0.3) is 5.91 Å². The number of rotatable bonds is 5. The van der Waals surface area contributed by atoms with Gasteiger partial charge in [-0.05, 0) is 59.7 Å². The van der Waals surface area contributed by atoms with Gasteiger partial charge < -0.3 is 14.8 Å². The molecule has 1 heterocycles. The van der Waals surface area contributed by atoms with Crippen LogP contribution in [-0.2, 0) is 16.0 Å². The molecule has 1 aliphatic carbocycles. The zero-order chi connectivity index (χ0) is 22.7. The fourth-order valence-electron chi connectivity index (χ4n) is 4.15. The van der Waals surface area contributed by atoms with Crippen LogP contribution in [0.4, 0.5) is 0 Å². The van der Waals surface area contributed by atoms with Gasteiger partial charge in [0.15, 0.2) is 6.61 Å². The Hall–Kier alpha value is -3.67. The normalized spacial score (nSPS) is 16.5. The van der Waals surface area contributed by atoms with Gasteiger partial charge in [-0.1, -0.05) is 37.3 Å². The average Bonchev–Trinajstić information content (AvgIpc) is 2.81. The lowest BCUT2D eigenvalue weighted by Gasteiger charge is -2.26. The van der Waals surface area contributed by atoms with Crippen molar-refractivity contribution >= 4 is 34.4 Å². The van der Waals surface area contributed by atoms with E-state index in [0.29, 0.717) is 11.5 Å². The molecule has 0 radical (unpaired) electrons. The van der Waals surface area contributed by atoms with Gasteiger partial charge in [0, 0.05) is 12.4 Å². The van der Waals surface area contributed by atoms with Gasteiger partial charge in [-0.3, -0.25) is 4.79 Å². The Morgan fingerprint density at radius 1 is 1.12 bits per heavy atom. The number of esters is 1. The van der Waals surface area contributed by atoms with Crippen molar-refractivity contribution in [2.24, 2.45) is 5.92 Å². The second-order valence-electron chi connectivity index (χ2n) is 8.04. The number of fused-ring (bicyclic) bond motifs is 2. The quantitative estimate of drug-likeness (QED) is 0.612. The largest absolute Gasteiger partial charge is 0.497 e. The predicted molar refractivity (Wildman–Crippen MR) is 124 cm³/mol. The van der Waals surface area contributed by atoms with E-state index in [1.165, 1.54) is 7.05 Å². The van der Waals surface area contributed by atoms with Gasteiger partial charge in [0.2, 0.25) is 0 Å². The number of para-hydroxylation sites is 1. The molecule has 0 saturated carbocycles. The number of aromatic nitrogens is 1. The molecule has 32 heavy (non-hydrogen) atoms. The zero-order valence-electron chi connectivity index (χ0n) is 18.5. The number of carbonyl (C=O) groups is 2. The number of methoxy groups -OCH3 is 1. The molecule has 0 aliphatic heterocycles. The summed E-state index contributed by atoms with van der Waals surface area (Å²) >= 11 is 0. The Bertz CT molecular complexity index is 1200. The molecule has 4 rings (SSSR count). The number of nitrogens with zero attached hydrogens (tertiary/aromatic N) is 1. The number of amides is 1. The summed E-state index contributed by atoms with van der Waals surface area (Å²) in [7, 11) is 3.16. The summed E-state index contributed by atoms with van der Waals surface area (Å²) in [6.45, 7) is 1.85. The van der Waals surface area contributed by atoms with Crippen LogP contribution in [0, 0.1) is 5.92 Å². The maximum atomic E-state index is 13.1. The van der Waals surface area contributed by atoms with Crippen molar-refractivity contribution in [1.29, 1.82) is 0 Å². The molecule has 1 N–H and O–H groups in total. The van der Waals surface area contributed by atoms with Crippen LogP contribution in [0.15, 0.2) is 48.5 Å². The van der Waals surface area contributed by atoms with Crippen LogP contribution in [0.2, 0.25) is 0 Å². The molecule has 1 amide bonds.